The number of hydrogen-bond acceptors (Lipinski definition) is 3. The van der Waals surface area contributed by atoms with Gasteiger partial charge in [0.1, 0.15) is 0 Å². The molecule has 0 atom stereocenters. The van der Waals surface area contributed by atoms with E-state index >= 15 is 0 Å². The molecule has 1 aliphatic rings. The number of urea groups is 1. The summed E-state index contributed by atoms with van der Waals surface area (Å²) < 4.78 is 24.4. The molecule has 2 rings (SSSR count). The number of aryl methyl sites for hydroxylation is 1. The molecule has 0 bridgehead atoms. The zero-order chi connectivity index (χ0) is 16.2. The van der Waals surface area contributed by atoms with Crippen LogP contribution in [-0.2, 0) is 16.4 Å². The molecule has 0 spiro atoms. The molecule has 0 saturated carbocycles. The Morgan fingerprint density at radius 1 is 1.27 bits per heavy atom. The van der Waals surface area contributed by atoms with Gasteiger partial charge in [0.15, 0.2) is 0 Å². The Labute approximate surface area is 131 Å². The van der Waals surface area contributed by atoms with Gasteiger partial charge in [-0.3, -0.25) is 0 Å². The zero-order valence-electron chi connectivity index (χ0n) is 13.0. The van der Waals surface area contributed by atoms with E-state index in [1.54, 1.807) is 0 Å². The number of hydrogen-bond donors (Lipinski definition) is 2. The fraction of sp³-hybridized carbons (Fsp3) is 0.533. The normalized spacial score (nSPS) is 17.2. The number of carbonyl (C=O) groups excluding carboxylic acids is 1. The van der Waals surface area contributed by atoms with Crippen LogP contribution in [-0.4, -0.2) is 44.1 Å². The third-order valence-corrected chi connectivity index (χ3v) is 5.21. The van der Waals surface area contributed by atoms with Crippen LogP contribution in [0.1, 0.15) is 25.3 Å². The van der Waals surface area contributed by atoms with Crippen molar-refractivity contribution in [1.29, 1.82) is 0 Å². The van der Waals surface area contributed by atoms with Crippen LogP contribution in [0.2, 0.25) is 0 Å². The van der Waals surface area contributed by atoms with Crippen LogP contribution in [0.25, 0.3) is 0 Å². The maximum Gasteiger partial charge on any atom is 0.319 e. The van der Waals surface area contributed by atoms with Gasteiger partial charge in [0.2, 0.25) is 10.0 Å². The number of carbonyl (C=O) groups is 1. The molecular weight excluding hydrogens is 302 g/mol. The largest absolute Gasteiger partial charge is 0.335 e. The first-order valence-electron chi connectivity index (χ1n) is 7.50. The van der Waals surface area contributed by atoms with Gasteiger partial charge in [-0.15, -0.1) is 0 Å². The number of nitrogens with one attached hydrogen (secondary N) is 2. The molecule has 1 fully saturated rings. The first-order chi connectivity index (χ1) is 10.4. The molecule has 1 aromatic carbocycles. The summed E-state index contributed by atoms with van der Waals surface area (Å²) in [7, 11) is -3.13. The number of rotatable bonds is 4. The van der Waals surface area contributed by atoms with Crippen molar-refractivity contribution in [2.75, 3.05) is 24.7 Å². The summed E-state index contributed by atoms with van der Waals surface area (Å²) in [6.07, 6.45) is 3.34. The van der Waals surface area contributed by atoms with Crippen LogP contribution in [0, 0.1) is 0 Å². The van der Waals surface area contributed by atoms with E-state index in [1.165, 1.54) is 10.6 Å². The lowest BCUT2D eigenvalue weighted by Gasteiger charge is -2.30. The quantitative estimate of drug-likeness (QED) is 0.886. The van der Waals surface area contributed by atoms with Crippen molar-refractivity contribution in [3.05, 3.63) is 29.8 Å². The lowest BCUT2D eigenvalue weighted by atomic mass is 10.1. The number of para-hydroxylation sites is 1. The number of amides is 2. The number of benzene rings is 1. The van der Waals surface area contributed by atoms with Crippen LogP contribution in [0.5, 0.6) is 0 Å². The predicted octanol–water partition coefficient (Wildman–Crippen LogP) is 1.79. The highest BCUT2D eigenvalue weighted by atomic mass is 32.2. The van der Waals surface area contributed by atoms with Gasteiger partial charge in [-0.25, -0.2) is 17.5 Å². The number of sulfonamides is 1. The van der Waals surface area contributed by atoms with Gasteiger partial charge < -0.3 is 10.6 Å². The molecule has 7 heteroatoms. The average Bonchev–Trinajstić information content (AvgIpc) is 2.47. The summed E-state index contributed by atoms with van der Waals surface area (Å²) in [6, 6.07) is 7.47. The van der Waals surface area contributed by atoms with E-state index in [4.69, 9.17) is 0 Å². The Kier molecular flexibility index (Phi) is 5.42. The van der Waals surface area contributed by atoms with E-state index in [2.05, 4.69) is 10.6 Å². The number of piperidine rings is 1. The third kappa shape index (κ3) is 4.45. The van der Waals surface area contributed by atoms with Gasteiger partial charge in [-0.05, 0) is 30.9 Å². The summed E-state index contributed by atoms with van der Waals surface area (Å²) in [5, 5.41) is 5.79. The molecule has 0 unspecified atom stereocenters. The lowest BCUT2D eigenvalue weighted by Crippen LogP contribution is -2.47. The van der Waals surface area contributed by atoms with E-state index < -0.39 is 10.0 Å². The molecule has 1 heterocycles. The molecule has 122 valence electrons. The minimum atomic E-state index is -3.13. The van der Waals surface area contributed by atoms with Gasteiger partial charge in [0.25, 0.3) is 0 Å². The molecule has 0 aromatic heterocycles. The standard InChI is InChI=1S/C15H23N3O3S/c1-3-12-6-4-5-7-14(12)17-15(19)16-13-8-10-18(11-9-13)22(2,20)21/h4-7,13H,3,8-11H2,1-2H3,(H2,16,17,19). The second-order valence-corrected chi connectivity index (χ2v) is 7.53. The summed E-state index contributed by atoms with van der Waals surface area (Å²) in [5.41, 5.74) is 1.90. The second-order valence-electron chi connectivity index (χ2n) is 5.55. The van der Waals surface area contributed by atoms with Crippen molar-refractivity contribution >= 4 is 21.7 Å². The maximum atomic E-state index is 12.1. The van der Waals surface area contributed by atoms with Gasteiger partial charge in [-0.2, -0.15) is 0 Å². The zero-order valence-corrected chi connectivity index (χ0v) is 13.8. The van der Waals surface area contributed by atoms with Gasteiger partial charge in [0, 0.05) is 24.8 Å². The van der Waals surface area contributed by atoms with Crippen molar-refractivity contribution in [3.63, 3.8) is 0 Å². The molecule has 0 aliphatic carbocycles. The Bertz CT molecular complexity index is 623. The van der Waals surface area contributed by atoms with Crippen LogP contribution in [0.3, 0.4) is 0 Å². The van der Waals surface area contributed by atoms with Crippen molar-refractivity contribution in [2.45, 2.75) is 32.2 Å². The van der Waals surface area contributed by atoms with Gasteiger partial charge in [0.05, 0.1) is 6.26 Å². The highest BCUT2D eigenvalue weighted by molar-refractivity contribution is 7.88. The smallest absolute Gasteiger partial charge is 0.319 e. The summed E-state index contributed by atoms with van der Waals surface area (Å²) in [5.74, 6) is 0. The molecule has 6 nitrogen and oxygen atoms in total. The van der Waals surface area contributed by atoms with Gasteiger partial charge in [-0.1, -0.05) is 25.1 Å². The fourth-order valence-electron chi connectivity index (χ4n) is 2.63. The predicted molar refractivity (Wildman–Crippen MR) is 87.4 cm³/mol. The van der Waals surface area contributed by atoms with Crippen LogP contribution in [0.15, 0.2) is 24.3 Å². The Morgan fingerprint density at radius 3 is 2.50 bits per heavy atom. The first-order valence-corrected chi connectivity index (χ1v) is 9.35. The van der Waals surface area contributed by atoms with Crippen LogP contribution >= 0.6 is 0 Å². The summed E-state index contributed by atoms with van der Waals surface area (Å²) >= 11 is 0. The maximum absolute atomic E-state index is 12.1. The molecule has 22 heavy (non-hydrogen) atoms. The molecular formula is C15H23N3O3S. The van der Waals surface area contributed by atoms with Gasteiger partial charge >= 0.3 is 6.03 Å². The van der Waals surface area contributed by atoms with Crippen molar-refractivity contribution in [2.24, 2.45) is 0 Å². The minimum absolute atomic E-state index is 0.00629. The van der Waals surface area contributed by atoms with E-state index in [0.717, 1.165) is 17.7 Å². The minimum Gasteiger partial charge on any atom is -0.335 e. The monoisotopic (exact) mass is 325 g/mol. The van der Waals surface area contributed by atoms with E-state index in [-0.39, 0.29) is 12.1 Å². The Balaban J connectivity index is 1.86. The fourth-order valence-corrected chi connectivity index (χ4v) is 3.50. The van der Waals surface area contributed by atoms with Crippen LogP contribution in [0.4, 0.5) is 10.5 Å². The molecule has 1 aliphatic heterocycles. The topological polar surface area (TPSA) is 78.5 Å². The molecule has 1 aromatic rings. The van der Waals surface area contributed by atoms with Crippen molar-refractivity contribution in [1.82, 2.24) is 9.62 Å². The van der Waals surface area contributed by atoms with E-state index in [1.807, 2.05) is 31.2 Å². The molecule has 1 saturated heterocycles. The third-order valence-electron chi connectivity index (χ3n) is 3.90. The highest BCUT2D eigenvalue weighted by Crippen LogP contribution is 2.16. The number of anilines is 1. The van der Waals surface area contributed by atoms with Crippen molar-refractivity contribution in [3.8, 4) is 0 Å². The Hall–Kier alpha value is -1.60. The lowest BCUT2D eigenvalue weighted by molar-refractivity contribution is 0.238. The van der Waals surface area contributed by atoms with Crippen LogP contribution < -0.4 is 10.6 Å². The first kappa shape index (κ1) is 16.8. The van der Waals surface area contributed by atoms with Crippen molar-refractivity contribution < 1.29 is 13.2 Å². The number of nitrogens with zero attached hydrogens (tertiary/aromatic N) is 1. The average molecular weight is 325 g/mol. The summed E-state index contributed by atoms with van der Waals surface area (Å²) in [6.45, 7) is 2.95. The molecule has 2 amide bonds. The van der Waals surface area contributed by atoms with E-state index in [9.17, 15) is 13.2 Å². The SMILES string of the molecule is CCc1ccccc1NC(=O)NC1CCN(S(C)(=O)=O)CC1. The second kappa shape index (κ2) is 7.11. The highest BCUT2D eigenvalue weighted by Gasteiger charge is 2.25. The molecule has 2 N–H and O–H groups in total. The van der Waals surface area contributed by atoms with E-state index in [0.29, 0.717) is 25.9 Å². The Morgan fingerprint density at radius 2 is 1.91 bits per heavy atom. The molecule has 0 radical (unpaired) electrons. The summed E-state index contributed by atoms with van der Waals surface area (Å²) in [4.78, 5) is 12.1.